The lowest BCUT2D eigenvalue weighted by molar-refractivity contribution is -0.122. The summed E-state index contributed by atoms with van der Waals surface area (Å²) in [4.78, 5) is 14.2. The molecule has 0 aromatic heterocycles. The van der Waals surface area contributed by atoms with Crippen molar-refractivity contribution in [3.63, 3.8) is 0 Å². The molecule has 2 aliphatic rings. The minimum atomic E-state index is 0.170. The third-order valence-corrected chi connectivity index (χ3v) is 3.67. The van der Waals surface area contributed by atoms with Crippen LogP contribution in [0, 0.1) is 5.92 Å². The Kier molecular flexibility index (Phi) is 5.01. The van der Waals surface area contributed by atoms with E-state index in [1.54, 1.807) is 0 Å². The normalized spacial score (nSPS) is 23.9. The second-order valence-corrected chi connectivity index (χ2v) is 6.15. The summed E-state index contributed by atoms with van der Waals surface area (Å²) in [5, 5.41) is 6.51. The molecule has 1 saturated heterocycles. The van der Waals surface area contributed by atoms with E-state index in [2.05, 4.69) is 15.5 Å². The number of amides is 1. The molecule has 2 fully saturated rings. The fraction of sp³-hybridized carbons (Fsp3) is 0.929. The van der Waals surface area contributed by atoms with E-state index in [1.165, 1.54) is 25.7 Å². The van der Waals surface area contributed by atoms with Crippen LogP contribution in [0.15, 0.2) is 0 Å². The molecule has 1 saturated carbocycles. The van der Waals surface area contributed by atoms with Crippen molar-refractivity contribution < 1.29 is 4.79 Å². The topological polar surface area (TPSA) is 44.4 Å². The van der Waals surface area contributed by atoms with Gasteiger partial charge in [0.2, 0.25) is 5.91 Å². The molecule has 1 atom stereocenters. The van der Waals surface area contributed by atoms with Crippen molar-refractivity contribution >= 4 is 5.91 Å². The molecule has 2 N–H and O–H groups in total. The van der Waals surface area contributed by atoms with E-state index < -0.39 is 0 Å². The Morgan fingerprint density at radius 3 is 2.67 bits per heavy atom. The highest BCUT2D eigenvalue weighted by Gasteiger charge is 2.27. The Balaban J connectivity index is 1.77. The lowest BCUT2D eigenvalue weighted by atomic mass is 10.2. The molecule has 1 unspecified atom stereocenters. The van der Waals surface area contributed by atoms with Crippen LogP contribution >= 0.6 is 0 Å². The van der Waals surface area contributed by atoms with Gasteiger partial charge in [0.15, 0.2) is 0 Å². The minimum absolute atomic E-state index is 0.170. The van der Waals surface area contributed by atoms with Gasteiger partial charge in [0, 0.05) is 25.2 Å². The van der Waals surface area contributed by atoms with Crippen molar-refractivity contribution in [1.82, 2.24) is 15.5 Å². The van der Waals surface area contributed by atoms with Crippen molar-refractivity contribution in [3.8, 4) is 0 Å². The van der Waals surface area contributed by atoms with E-state index in [1.807, 2.05) is 13.8 Å². The average Bonchev–Trinajstić information content (AvgIpc) is 2.91. The van der Waals surface area contributed by atoms with Gasteiger partial charge in [-0.3, -0.25) is 9.69 Å². The molecule has 0 aromatic carbocycles. The van der Waals surface area contributed by atoms with Crippen LogP contribution in [0.4, 0.5) is 0 Å². The van der Waals surface area contributed by atoms with E-state index >= 15 is 0 Å². The van der Waals surface area contributed by atoms with Crippen LogP contribution in [0.2, 0.25) is 0 Å². The van der Waals surface area contributed by atoms with Crippen molar-refractivity contribution in [2.24, 2.45) is 5.92 Å². The van der Waals surface area contributed by atoms with Crippen LogP contribution in [0.25, 0.3) is 0 Å². The summed E-state index contributed by atoms with van der Waals surface area (Å²) in [7, 11) is 0. The monoisotopic (exact) mass is 253 g/mol. The molecular formula is C14H27N3O. The largest absolute Gasteiger partial charge is 0.353 e. The SMILES string of the molecule is CC(C)NC(=O)CN(CC1CC1)CC1CCCN1. The molecule has 1 amide bonds. The van der Waals surface area contributed by atoms with Gasteiger partial charge >= 0.3 is 0 Å². The van der Waals surface area contributed by atoms with Crippen LogP contribution in [-0.2, 0) is 4.79 Å². The van der Waals surface area contributed by atoms with Crippen molar-refractivity contribution in [3.05, 3.63) is 0 Å². The smallest absolute Gasteiger partial charge is 0.234 e. The second-order valence-electron chi connectivity index (χ2n) is 6.15. The maximum absolute atomic E-state index is 11.9. The first-order valence-electron chi connectivity index (χ1n) is 7.38. The molecule has 18 heavy (non-hydrogen) atoms. The molecule has 2 rings (SSSR count). The third kappa shape index (κ3) is 4.94. The van der Waals surface area contributed by atoms with E-state index in [9.17, 15) is 4.79 Å². The maximum atomic E-state index is 11.9. The maximum Gasteiger partial charge on any atom is 0.234 e. The molecule has 0 bridgehead atoms. The third-order valence-electron chi connectivity index (χ3n) is 3.67. The van der Waals surface area contributed by atoms with Crippen LogP contribution in [0.5, 0.6) is 0 Å². The van der Waals surface area contributed by atoms with Gasteiger partial charge in [0.05, 0.1) is 6.54 Å². The van der Waals surface area contributed by atoms with Crippen LogP contribution in [-0.4, -0.2) is 49.1 Å². The van der Waals surface area contributed by atoms with Crippen molar-refractivity contribution in [1.29, 1.82) is 0 Å². The molecule has 1 aliphatic heterocycles. The fourth-order valence-corrected chi connectivity index (χ4v) is 2.66. The van der Waals surface area contributed by atoms with E-state index in [-0.39, 0.29) is 11.9 Å². The summed E-state index contributed by atoms with van der Waals surface area (Å²) in [5.41, 5.74) is 0. The predicted molar refractivity (Wildman–Crippen MR) is 73.5 cm³/mol. The summed E-state index contributed by atoms with van der Waals surface area (Å²) in [6.45, 7) is 7.86. The van der Waals surface area contributed by atoms with Gasteiger partial charge in [0.25, 0.3) is 0 Å². The number of rotatable bonds is 7. The number of carbonyl (C=O) groups is 1. The molecule has 4 nitrogen and oxygen atoms in total. The van der Waals surface area contributed by atoms with Gasteiger partial charge in [-0.25, -0.2) is 0 Å². The van der Waals surface area contributed by atoms with Crippen LogP contribution in [0.3, 0.4) is 0 Å². The first-order valence-corrected chi connectivity index (χ1v) is 7.38. The van der Waals surface area contributed by atoms with Gasteiger partial charge in [-0.05, 0) is 52.0 Å². The Labute approximate surface area is 110 Å². The molecule has 0 aromatic rings. The van der Waals surface area contributed by atoms with Gasteiger partial charge in [0.1, 0.15) is 0 Å². The van der Waals surface area contributed by atoms with Gasteiger partial charge in [-0.1, -0.05) is 0 Å². The predicted octanol–water partition coefficient (Wildman–Crippen LogP) is 0.975. The van der Waals surface area contributed by atoms with Crippen molar-refractivity contribution in [2.45, 2.75) is 51.6 Å². The quantitative estimate of drug-likeness (QED) is 0.711. The fourth-order valence-electron chi connectivity index (χ4n) is 2.66. The van der Waals surface area contributed by atoms with Crippen molar-refractivity contribution in [2.75, 3.05) is 26.2 Å². The zero-order valence-corrected chi connectivity index (χ0v) is 11.7. The summed E-state index contributed by atoms with van der Waals surface area (Å²) in [6.07, 6.45) is 5.23. The van der Waals surface area contributed by atoms with E-state index in [4.69, 9.17) is 0 Å². The molecule has 0 spiro atoms. The summed E-state index contributed by atoms with van der Waals surface area (Å²) < 4.78 is 0. The number of nitrogens with zero attached hydrogens (tertiary/aromatic N) is 1. The number of carbonyl (C=O) groups excluding carboxylic acids is 1. The number of hydrogen-bond donors (Lipinski definition) is 2. The molecule has 0 radical (unpaired) electrons. The summed E-state index contributed by atoms with van der Waals surface area (Å²) >= 11 is 0. The number of hydrogen-bond acceptors (Lipinski definition) is 3. The molecular weight excluding hydrogens is 226 g/mol. The Morgan fingerprint density at radius 1 is 1.33 bits per heavy atom. The average molecular weight is 253 g/mol. The van der Waals surface area contributed by atoms with Gasteiger partial charge < -0.3 is 10.6 Å². The zero-order chi connectivity index (χ0) is 13.0. The molecule has 1 aliphatic carbocycles. The lowest BCUT2D eigenvalue weighted by Crippen LogP contribution is -2.45. The standard InChI is InChI=1S/C14H27N3O/c1-11(2)16-14(18)10-17(8-12-5-6-12)9-13-4-3-7-15-13/h11-13,15H,3-10H2,1-2H3,(H,16,18). The van der Waals surface area contributed by atoms with E-state index in [0.29, 0.717) is 12.6 Å². The molecule has 4 heteroatoms. The Morgan fingerprint density at radius 2 is 2.11 bits per heavy atom. The first-order chi connectivity index (χ1) is 8.63. The number of nitrogens with one attached hydrogen (secondary N) is 2. The molecule has 104 valence electrons. The van der Waals surface area contributed by atoms with Gasteiger partial charge in [-0.15, -0.1) is 0 Å². The minimum Gasteiger partial charge on any atom is -0.353 e. The highest BCUT2D eigenvalue weighted by Crippen LogP contribution is 2.29. The van der Waals surface area contributed by atoms with E-state index in [0.717, 1.165) is 25.6 Å². The molecule has 1 heterocycles. The lowest BCUT2D eigenvalue weighted by Gasteiger charge is -2.25. The highest BCUT2D eigenvalue weighted by atomic mass is 16.2. The summed E-state index contributed by atoms with van der Waals surface area (Å²) in [5.74, 6) is 1.02. The summed E-state index contributed by atoms with van der Waals surface area (Å²) in [6, 6.07) is 0.834. The highest BCUT2D eigenvalue weighted by molar-refractivity contribution is 5.78. The van der Waals surface area contributed by atoms with Gasteiger partial charge in [-0.2, -0.15) is 0 Å². The second kappa shape index (κ2) is 6.53. The van der Waals surface area contributed by atoms with Crippen LogP contribution < -0.4 is 10.6 Å². The first kappa shape index (κ1) is 13.8. The Hall–Kier alpha value is -0.610. The Bertz CT molecular complexity index is 270. The zero-order valence-electron chi connectivity index (χ0n) is 11.7. The van der Waals surface area contributed by atoms with Crippen LogP contribution in [0.1, 0.15) is 39.5 Å².